The third kappa shape index (κ3) is 6.88. The summed E-state index contributed by atoms with van der Waals surface area (Å²) < 4.78 is 21.7. The van der Waals surface area contributed by atoms with Crippen LogP contribution in [0.15, 0.2) is 42.5 Å². The van der Waals surface area contributed by atoms with Crippen LogP contribution in [0, 0.1) is 12.8 Å². The van der Waals surface area contributed by atoms with Gasteiger partial charge in [-0.15, -0.1) is 0 Å². The second kappa shape index (κ2) is 12.1. The number of amides is 1. The summed E-state index contributed by atoms with van der Waals surface area (Å²) in [5.41, 5.74) is 3.04. The molecule has 0 unspecified atom stereocenters. The second-order valence-corrected chi connectivity index (χ2v) is 8.24. The van der Waals surface area contributed by atoms with Crippen molar-refractivity contribution < 1.29 is 28.5 Å². The van der Waals surface area contributed by atoms with Gasteiger partial charge in [-0.05, 0) is 55.4 Å². The number of methoxy groups -OCH3 is 2. The first-order chi connectivity index (χ1) is 16.0. The van der Waals surface area contributed by atoms with Crippen LogP contribution in [0.3, 0.4) is 0 Å². The van der Waals surface area contributed by atoms with E-state index >= 15 is 0 Å². The van der Waals surface area contributed by atoms with Crippen molar-refractivity contribution in [1.29, 1.82) is 0 Å². The summed E-state index contributed by atoms with van der Waals surface area (Å²) >= 11 is 0. The summed E-state index contributed by atoms with van der Waals surface area (Å²) in [6.45, 7) is 3.46. The molecule has 1 fully saturated rings. The zero-order valence-electron chi connectivity index (χ0n) is 19.7. The number of nitrogens with zero attached hydrogens (tertiary/aromatic N) is 1. The highest BCUT2D eigenvalue weighted by molar-refractivity contribution is 5.74. The first-order valence-electron chi connectivity index (χ1n) is 11.4. The lowest BCUT2D eigenvalue weighted by Crippen LogP contribution is -2.43. The van der Waals surface area contributed by atoms with Crippen molar-refractivity contribution in [3.8, 4) is 11.5 Å². The molecule has 7 nitrogen and oxygen atoms in total. The molecule has 3 rings (SSSR count). The Balaban J connectivity index is 1.42. The van der Waals surface area contributed by atoms with Gasteiger partial charge in [0.2, 0.25) is 0 Å². The molecule has 2 aromatic carbocycles. The molecule has 0 spiro atoms. The van der Waals surface area contributed by atoms with Crippen molar-refractivity contribution in [3.63, 3.8) is 0 Å². The number of rotatable bonds is 9. The van der Waals surface area contributed by atoms with E-state index in [1.165, 1.54) is 0 Å². The van der Waals surface area contributed by atoms with Gasteiger partial charge in [-0.2, -0.15) is 0 Å². The SMILES string of the molecule is COc1cc(CCCOC(=O)[C@@H]2CCCN(C(=O)OCc3ccccc3)C2)cc(C)c1OC. The monoisotopic (exact) mass is 455 g/mol. The molecule has 7 heteroatoms. The fourth-order valence-corrected chi connectivity index (χ4v) is 4.08. The molecule has 33 heavy (non-hydrogen) atoms. The van der Waals surface area contributed by atoms with E-state index in [9.17, 15) is 9.59 Å². The fraction of sp³-hybridized carbons (Fsp3) is 0.462. The van der Waals surface area contributed by atoms with Gasteiger partial charge in [0.25, 0.3) is 0 Å². The number of hydrogen-bond donors (Lipinski definition) is 0. The van der Waals surface area contributed by atoms with Crippen LogP contribution < -0.4 is 9.47 Å². The Hall–Kier alpha value is -3.22. The second-order valence-electron chi connectivity index (χ2n) is 8.24. The summed E-state index contributed by atoms with van der Waals surface area (Å²) in [7, 11) is 3.24. The van der Waals surface area contributed by atoms with Gasteiger partial charge in [0, 0.05) is 13.1 Å². The predicted molar refractivity (Wildman–Crippen MR) is 124 cm³/mol. The Morgan fingerprint density at radius 2 is 1.82 bits per heavy atom. The molecule has 0 saturated carbocycles. The molecule has 2 aromatic rings. The lowest BCUT2D eigenvalue weighted by Gasteiger charge is -2.30. The quantitative estimate of drug-likeness (QED) is 0.408. The fourth-order valence-electron chi connectivity index (χ4n) is 4.08. The predicted octanol–water partition coefficient (Wildman–Crippen LogP) is 4.54. The first-order valence-corrected chi connectivity index (χ1v) is 11.4. The molecule has 1 amide bonds. The van der Waals surface area contributed by atoms with Gasteiger partial charge in [-0.25, -0.2) is 4.79 Å². The van der Waals surface area contributed by atoms with Crippen LogP contribution in [0.4, 0.5) is 4.79 Å². The van der Waals surface area contributed by atoms with Crippen LogP contribution in [0.1, 0.15) is 36.0 Å². The normalized spacial score (nSPS) is 15.6. The van der Waals surface area contributed by atoms with Crippen LogP contribution in [0.25, 0.3) is 0 Å². The summed E-state index contributed by atoms with van der Waals surface area (Å²) in [4.78, 5) is 26.6. The van der Waals surface area contributed by atoms with E-state index in [0.717, 1.165) is 41.7 Å². The summed E-state index contributed by atoms with van der Waals surface area (Å²) in [6.07, 6.45) is 2.55. The molecule has 178 valence electrons. The Labute approximate surface area is 195 Å². The third-order valence-electron chi connectivity index (χ3n) is 5.80. The maximum Gasteiger partial charge on any atom is 0.410 e. The Kier molecular flexibility index (Phi) is 8.98. The molecule has 0 bridgehead atoms. The number of aryl methyl sites for hydroxylation is 2. The van der Waals surface area contributed by atoms with Crippen molar-refractivity contribution in [1.82, 2.24) is 4.90 Å². The lowest BCUT2D eigenvalue weighted by atomic mass is 9.98. The van der Waals surface area contributed by atoms with Crippen molar-refractivity contribution in [2.24, 2.45) is 5.92 Å². The minimum absolute atomic E-state index is 0.223. The summed E-state index contributed by atoms with van der Waals surface area (Å²) in [6, 6.07) is 13.6. The number of piperidine rings is 1. The first kappa shape index (κ1) is 24.4. The number of likely N-dealkylation sites (tertiary alicyclic amines) is 1. The maximum atomic E-state index is 12.6. The van der Waals surface area contributed by atoms with E-state index in [1.54, 1.807) is 19.1 Å². The van der Waals surface area contributed by atoms with Gasteiger partial charge in [0.05, 0.1) is 26.7 Å². The third-order valence-corrected chi connectivity index (χ3v) is 5.80. The van der Waals surface area contributed by atoms with Crippen molar-refractivity contribution in [2.75, 3.05) is 33.9 Å². The molecule has 1 saturated heterocycles. The van der Waals surface area contributed by atoms with Gasteiger partial charge in [0.15, 0.2) is 11.5 Å². The number of benzene rings is 2. The van der Waals surface area contributed by atoms with E-state index in [4.69, 9.17) is 18.9 Å². The summed E-state index contributed by atoms with van der Waals surface area (Å²) in [5, 5.41) is 0. The van der Waals surface area contributed by atoms with Crippen LogP contribution in [0.5, 0.6) is 11.5 Å². The van der Waals surface area contributed by atoms with Gasteiger partial charge >= 0.3 is 12.1 Å². The molecular formula is C26H33NO6. The molecule has 1 heterocycles. The Morgan fingerprint density at radius 1 is 1.03 bits per heavy atom. The van der Waals surface area contributed by atoms with Gasteiger partial charge < -0.3 is 23.8 Å². The average molecular weight is 456 g/mol. The highest BCUT2D eigenvalue weighted by Gasteiger charge is 2.30. The van der Waals surface area contributed by atoms with E-state index in [-0.39, 0.29) is 24.6 Å². The Morgan fingerprint density at radius 3 is 2.55 bits per heavy atom. The number of carbonyl (C=O) groups excluding carboxylic acids is 2. The van der Waals surface area contributed by atoms with Crippen LogP contribution in [-0.2, 0) is 27.3 Å². The number of hydrogen-bond acceptors (Lipinski definition) is 6. The highest BCUT2D eigenvalue weighted by atomic mass is 16.6. The molecule has 0 N–H and O–H groups in total. The molecule has 0 radical (unpaired) electrons. The zero-order valence-corrected chi connectivity index (χ0v) is 19.7. The van der Waals surface area contributed by atoms with E-state index < -0.39 is 0 Å². The number of ether oxygens (including phenoxy) is 4. The van der Waals surface area contributed by atoms with E-state index in [1.807, 2.05) is 43.3 Å². The number of carbonyl (C=O) groups is 2. The zero-order chi connectivity index (χ0) is 23.6. The standard InChI is InChI=1S/C26H33NO6/c1-19-15-21(16-23(30-2)24(19)31-3)11-8-14-32-25(28)22-12-7-13-27(17-22)26(29)33-18-20-9-5-4-6-10-20/h4-6,9-10,15-16,22H,7-8,11-14,17-18H2,1-3H3/t22-/m1/s1. The average Bonchev–Trinajstić information content (AvgIpc) is 2.85. The van der Waals surface area contributed by atoms with Crippen molar-refractivity contribution in [2.45, 2.75) is 39.2 Å². The van der Waals surface area contributed by atoms with Crippen molar-refractivity contribution in [3.05, 3.63) is 59.2 Å². The molecule has 0 aromatic heterocycles. The van der Waals surface area contributed by atoms with Crippen molar-refractivity contribution >= 4 is 12.1 Å². The lowest BCUT2D eigenvalue weighted by molar-refractivity contribution is -0.150. The minimum Gasteiger partial charge on any atom is -0.493 e. The topological polar surface area (TPSA) is 74.3 Å². The molecule has 0 aliphatic carbocycles. The van der Waals surface area contributed by atoms with Crippen LogP contribution in [-0.4, -0.2) is 50.9 Å². The molecule has 1 aliphatic heterocycles. The Bertz CT molecular complexity index is 930. The van der Waals surface area contributed by atoms with E-state index in [2.05, 4.69) is 6.07 Å². The summed E-state index contributed by atoms with van der Waals surface area (Å²) in [5.74, 6) is 0.869. The maximum absolute atomic E-state index is 12.6. The highest BCUT2D eigenvalue weighted by Crippen LogP contribution is 2.32. The van der Waals surface area contributed by atoms with Gasteiger partial charge in [0.1, 0.15) is 6.61 Å². The number of esters is 1. The molecular weight excluding hydrogens is 422 g/mol. The molecule has 1 atom stereocenters. The minimum atomic E-state index is -0.389. The van der Waals surface area contributed by atoms with Gasteiger partial charge in [-0.1, -0.05) is 36.4 Å². The smallest absolute Gasteiger partial charge is 0.410 e. The van der Waals surface area contributed by atoms with Gasteiger partial charge in [-0.3, -0.25) is 4.79 Å². The van der Waals surface area contributed by atoms with Crippen LogP contribution >= 0.6 is 0 Å². The molecule has 1 aliphatic rings. The van der Waals surface area contributed by atoms with Crippen LogP contribution in [0.2, 0.25) is 0 Å². The largest absolute Gasteiger partial charge is 0.493 e. The van der Waals surface area contributed by atoms with E-state index in [0.29, 0.717) is 31.9 Å².